The zero-order valence-corrected chi connectivity index (χ0v) is 12.3. The summed E-state index contributed by atoms with van der Waals surface area (Å²) in [5.41, 5.74) is 0.326. The zero-order valence-electron chi connectivity index (χ0n) is 11.4. The molecule has 0 bridgehead atoms. The number of hydrogen-bond acceptors (Lipinski definition) is 4. The standard InChI is InChI=1S/C14H21N3OS/c1-2-11-8-15-12(18-11)9-16-13-17-14(10-19-13)6-4-3-5-7-14/h8H,2-7,9-10H2,1H3,(H,16,17). The van der Waals surface area contributed by atoms with Crippen LogP contribution in [-0.4, -0.2) is 21.4 Å². The molecule has 1 aliphatic heterocycles. The lowest BCUT2D eigenvalue weighted by atomic mass is 9.83. The van der Waals surface area contributed by atoms with Crippen molar-refractivity contribution in [2.24, 2.45) is 4.99 Å². The van der Waals surface area contributed by atoms with Crippen LogP contribution in [0.3, 0.4) is 0 Å². The Morgan fingerprint density at radius 1 is 1.42 bits per heavy atom. The van der Waals surface area contributed by atoms with Gasteiger partial charge in [0.2, 0.25) is 5.89 Å². The summed E-state index contributed by atoms with van der Waals surface area (Å²) in [4.78, 5) is 8.84. The lowest BCUT2D eigenvalue weighted by Crippen LogP contribution is -2.45. The SMILES string of the molecule is CCc1cnc(CN=C2NC3(CCCCC3)CS2)o1. The van der Waals surface area contributed by atoms with E-state index in [1.807, 2.05) is 11.8 Å². The first-order valence-corrected chi connectivity index (χ1v) is 8.17. The van der Waals surface area contributed by atoms with E-state index in [9.17, 15) is 0 Å². The summed E-state index contributed by atoms with van der Waals surface area (Å²) in [7, 11) is 0. The highest BCUT2D eigenvalue weighted by Crippen LogP contribution is 2.36. The molecule has 2 aliphatic rings. The Bertz CT molecular complexity index is 463. The summed E-state index contributed by atoms with van der Waals surface area (Å²) in [6.45, 7) is 2.61. The number of oxazole rings is 1. The van der Waals surface area contributed by atoms with Crippen LogP contribution >= 0.6 is 11.8 Å². The van der Waals surface area contributed by atoms with Crippen LogP contribution in [0.2, 0.25) is 0 Å². The van der Waals surface area contributed by atoms with E-state index in [4.69, 9.17) is 4.42 Å². The molecule has 104 valence electrons. The number of hydrogen-bond donors (Lipinski definition) is 1. The predicted octanol–water partition coefficient (Wildman–Crippen LogP) is 3.13. The van der Waals surface area contributed by atoms with E-state index < -0.39 is 0 Å². The normalized spacial score (nSPS) is 23.9. The molecule has 0 aromatic carbocycles. The molecule has 3 rings (SSSR count). The Morgan fingerprint density at radius 3 is 3.00 bits per heavy atom. The molecule has 1 aromatic heterocycles. The number of nitrogens with zero attached hydrogens (tertiary/aromatic N) is 2. The van der Waals surface area contributed by atoms with Crippen molar-refractivity contribution in [3.63, 3.8) is 0 Å². The third kappa shape index (κ3) is 2.96. The van der Waals surface area contributed by atoms with Gasteiger partial charge in [0.25, 0.3) is 0 Å². The van der Waals surface area contributed by atoms with Crippen LogP contribution in [0.25, 0.3) is 0 Å². The van der Waals surface area contributed by atoms with Gasteiger partial charge in [0, 0.05) is 17.7 Å². The van der Waals surface area contributed by atoms with Crippen LogP contribution in [0.15, 0.2) is 15.6 Å². The summed E-state index contributed by atoms with van der Waals surface area (Å²) >= 11 is 1.85. The molecule has 1 N–H and O–H groups in total. The fourth-order valence-corrected chi connectivity index (χ4v) is 4.03. The van der Waals surface area contributed by atoms with Gasteiger partial charge >= 0.3 is 0 Å². The van der Waals surface area contributed by atoms with E-state index in [0.717, 1.165) is 29.0 Å². The summed E-state index contributed by atoms with van der Waals surface area (Å²) < 4.78 is 5.57. The van der Waals surface area contributed by atoms with Gasteiger partial charge in [0.1, 0.15) is 12.3 Å². The van der Waals surface area contributed by atoms with E-state index in [0.29, 0.717) is 12.1 Å². The highest BCUT2D eigenvalue weighted by molar-refractivity contribution is 8.14. The summed E-state index contributed by atoms with van der Waals surface area (Å²) in [5, 5.41) is 4.71. The maximum absolute atomic E-state index is 5.57. The molecular formula is C14H21N3OS. The summed E-state index contributed by atoms with van der Waals surface area (Å²) in [6, 6.07) is 0. The van der Waals surface area contributed by atoms with Crippen LogP contribution < -0.4 is 5.32 Å². The zero-order chi connectivity index (χ0) is 13.1. The van der Waals surface area contributed by atoms with Gasteiger partial charge in [0.05, 0.1) is 6.20 Å². The van der Waals surface area contributed by atoms with E-state index >= 15 is 0 Å². The third-order valence-electron chi connectivity index (χ3n) is 3.98. The maximum atomic E-state index is 5.57. The van der Waals surface area contributed by atoms with Crippen LogP contribution in [-0.2, 0) is 13.0 Å². The van der Waals surface area contributed by atoms with E-state index in [1.165, 1.54) is 32.1 Å². The van der Waals surface area contributed by atoms with Crippen molar-refractivity contribution < 1.29 is 4.42 Å². The summed E-state index contributed by atoms with van der Waals surface area (Å²) in [5.74, 6) is 2.82. The van der Waals surface area contributed by atoms with Gasteiger partial charge < -0.3 is 9.73 Å². The Hall–Kier alpha value is -0.970. The number of rotatable bonds is 3. The molecule has 2 heterocycles. The number of aliphatic imine (C=N–C) groups is 1. The van der Waals surface area contributed by atoms with E-state index in [2.05, 4.69) is 22.2 Å². The van der Waals surface area contributed by atoms with Crippen molar-refractivity contribution >= 4 is 16.9 Å². The lowest BCUT2D eigenvalue weighted by molar-refractivity contribution is 0.303. The first kappa shape index (κ1) is 13.0. The molecule has 0 atom stereocenters. The Labute approximate surface area is 118 Å². The maximum Gasteiger partial charge on any atom is 0.216 e. The molecule has 0 unspecified atom stereocenters. The first-order valence-electron chi connectivity index (χ1n) is 7.19. The van der Waals surface area contributed by atoms with Crippen LogP contribution in [0, 0.1) is 0 Å². The second kappa shape index (κ2) is 5.57. The van der Waals surface area contributed by atoms with Gasteiger partial charge in [-0.05, 0) is 12.8 Å². The minimum atomic E-state index is 0.326. The topological polar surface area (TPSA) is 50.4 Å². The van der Waals surface area contributed by atoms with Crippen molar-refractivity contribution in [1.82, 2.24) is 10.3 Å². The predicted molar refractivity (Wildman–Crippen MR) is 78.4 cm³/mol. The highest BCUT2D eigenvalue weighted by Gasteiger charge is 2.37. The van der Waals surface area contributed by atoms with Crippen molar-refractivity contribution in [2.45, 2.75) is 57.5 Å². The van der Waals surface area contributed by atoms with Crippen molar-refractivity contribution in [3.8, 4) is 0 Å². The van der Waals surface area contributed by atoms with E-state index in [1.54, 1.807) is 6.20 Å². The second-order valence-electron chi connectivity index (χ2n) is 5.45. The highest BCUT2D eigenvalue weighted by atomic mass is 32.2. The molecule has 1 saturated heterocycles. The van der Waals surface area contributed by atoms with Gasteiger partial charge in [-0.15, -0.1) is 0 Å². The fourth-order valence-electron chi connectivity index (χ4n) is 2.81. The van der Waals surface area contributed by atoms with Crippen molar-refractivity contribution in [2.75, 3.05) is 5.75 Å². The van der Waals surface area contributed by atoms with E-state index in [-0.39, 0.29) is 0 Å². The largest absolute Gasteiger partial charge is 0.444 e. The molecule has 1 aliphatic carbocycles. The minimum Gasteiger partial charge on any atom is -0.444 e. The lowest BCUT2D eigenvalue weighted by Gasteiger charge is -2.32. The summed E-state index contributed by atoms with van der Waals surface area (Å²) in [6.07, 6.45) is 9.35. The molecule has 1 saturated carbocycles. The quantitative estimate of drug-likeness (QED) is 0.923. The van der Waals surface area contributed by atoms with Gasteiger partial charge in [-0.3, -0.25) is 4.99 Å². The molecule has 19 heavy (non-hydrogen) atoms. The van der Waals surface area contributed by atoms with Crippen LogP contribution in [0.1, 0.15) is 50.7 Å². The Balaban J connectivity index is 1.59. The number of aryl methyl sites for hydroxylation is 1. The molecule has 2 fully saturated rings. The molecule has 1 spiro atoms. The fraction of sp³-hybridized carbons (Fsp3) is 0.714. The number of thioether (sulfide) groups is 1. The molecule has 5 heteroatoms. The van der Waals surface area contributed by atoms with Gasteiger partial charge in [-0.25, -0.2) is 4.98 Å². The van der Waals surface area contributed by atoms with Crippen LogP contribution in [0.5, 0.6) is 0 Å². The molecule has 0 radical (unpaired) electrons. The molecular weight excluding hydrogens is 258 g/mol. The number of nitrogens with one attached hydrogen (secondary N) is 1. The molecule has 1 aromatic rings. The second-order valence-corrected chi connectivity index (χ2v) is 6.41. The monoisotopic (exact) mass is 279 g/mol. The van der Waals surface area contributed by atoms with Gasteiger partial charge in [-0.1, -0.05) is 37.9 Å². The van der Waals surface area contributed by atoms with Gasteiger partial charge in [-0.2, -0.15) is 0 Å². The minimum absolute atomic E-state index is 0.326. The average molecular weight is 279 g/mol. The molecule has 4 nitrogen and oxygen atoms in total. The molecule has 0 amide bonds. The van der Waals surface area contributed by atoms with Crippen LogP contribution in [0.4, 0.5) is 0 Å². The number of amidine groups is 1. The van der Waals surface area contributed by atoms with Crippen molar-refractivity contribution in [1.29, 1.82) is 0 Å². The third-order valence-corrected chi connectivity index (χ3v) is 5.18. The first-order chi connectivity index (χ1) is 9.30. The smallest absolute Gasteiger partial charge is 0.216 e. The average Bonchev–Trinajstić information content (AvgIpc) is 3.05. The number of aromatic nitrogens is 1. The van der Waals surface area contributed by atoms with Gasteiger partial charge in [0.15, 0.2) is 5.17 Å². The Kier molecular flexibility index (Phi) is 3.82. The Morgan fingerprint density at radius 2 is 2.26 bits per heavy atom. The van der Waals surface area contributed by atoms with Crippen molar-refractivity contribution in [3.05, 3.63) is 17.8 Å².